The third-order valence-corrected chi connectivity index (χ3v) is 4.37. The summed E-state index contributed by atoms with van der Waals surface area (Å²) in [5, 5.41) is 3.32. The van der Waals surface area contributed by atoms with E-state index in [9.17, 15) is 0 Å². The Hall–Kier alpha value is -0.300. The molecule has 3 aliphatic heterocycles. The third kappa shape index (κ3) is 2.27. The van der Waals surface area contributed by atoms with Crippen molar-refractivity contribution in [3.63, 3.8) is 0 Å². The molecule has 4 atom stereocenters. The number of hydrogen-bond donors (Lipinski definition) is 1. The number of hydrogen-bond acceptors (Lipinski definition) is 2. The van der Waals surface area contributed by atoms with Crippen LogP contribution in [0.25, 0.3) is 0 Å². The number of aliphatic imine (C=N–C) groups is 1. The van der Waals surface area contributed by atoms with Crippen molar-refractivity contribution in [2.75, 3.05) is 26.7 Å². The topological polar surface area (TPSA) is 36.9 Å². The van der Waals surface area contributed by atoms with Crippen LogP contribution in [0.15, 0.2) is 17.6 Å². The highest BCUT2D eigenvalue weighted by Gasteiger charge is 2.53. The quantitative estimate of drug-likeness (QED) is 0.350. The van der Waals surface area contributed by atoms with Crippen LogP contribution in [0.4, 0.5) is 0 Å². The monoisotopic (exact) mass is 363 g/mol. The van der Waals surface area contributed by atoms with Gasteiger partial charge in [0.25, 0.3) is 0 Å². The SMILES string of the molecule is C=CCNC(=NC)N1CC2C3CCC(O3)C2C1.I. The van der Waals surface area contributed by atoms with E-state index in [1.165, 1.54) is 12.8 Å². The molecule has 0 aliphatic carbocycles. The van der Waals surface area contributed by atoms with Gasteiger partial charge >= 0.3 is 0 Å². The third-order valence-electron chi connectivity index (χ3n) is 4.37. The highest BCUT2D eigenvalue weighted by molar-refractivity contribution is 14.0. The highest BCUT2D eigenvalue weighted by Crippen LogP contribution is 2.47. The summed E-state index contributed by atoms with van der Waals surface area (Å²) in [5.41, 5.74) is 0. The second-order valence-electron chi connectivity index (χ2n) is 5.24. The van der Waals surface area contributed by atoms with Crippen LogP contribution in [-0.4, -0.2) is 49.7 Å². The maximum atomic E-state index is 5.98. The predicted molar refractivity (Wildman–Crippen MR) is 83.4 cm³/mol. The van der Waals surface area contributed by atoms with Gasteiger partial charge in [0, 0.05) is 38.5 Å². The number of ether oxygens (including phenoxy) is 1. The van der Waals surface area contributed by atoms with Gasteiger partial charge in [0.1, 0.15) is 0 Å². The highest BCUT2D eigenvalue weighted by atomic mass is 127. The second kappa shape index (κ2) is 5.77. The molecule has 4 nitrogen and oxygen atoms in total. The van der Waals surface area contributed by atoms with Crippen molar-refractivity contribution in [1.82, 2.24) is 10.2 Å². The molecule has 0 aromatic rings. The minimum absolute atomic E-state index is 0. The molecular formula is C13H22IN3O. The first-order valence-electron chi connectivity index (χ1n) is 6.55. The lowest BCUT2D eigenvalue weighted by Gasteiger charge is -2.22. The Morgan fingerprint density at radius 2 is 2.00 bits per heavy atom. The largest absolute Gasteiger partial charge is 0.374 e. The Kier molecular flexibility index (Phi) is 4.53. The van der Waals surface area contributed by atoms with E-state index in [2.05, 4.69) is 21.8 Å². The van der Waals surface area contributed by atoms with Gasteiger partial charge < -0.3 is 15.0 Å². The molecule has 0 spiro atoms. The number of nitrogens with one attached hydrogen (secondary N) is 1. The lowest BCUT2D eigenvalue weighted by atomic mass is 9.82. The van der Waals surface area contributed by atoms with Gasteiger partial charge in [-0.15, -0.1) is 30.6 Å². The molecule has 2 bridgehead atoms. The minimum atomic E-state index is 0. The molecule has 0 radical (unpaired) electrons. The molecule has 3 fully saturated rings. The fourth-order valence-corrected chi connectivity index (χ4v) is 3.63. The fraction of sp³-hybridized carbons (Fsp3) is 0.769. The second-order valence-corrected chi connectivity index (χ2v) is 5.24. The summed E-state index contributed by atoms with van der Waals surface area (Å²) in [5.74, 6) is 2.48. The number of rotatable bonds is 2. The van der Waals surface area contributed by atoms with Crippen molar-refractivity contribution in [2.45, 2.75) is 25.0 Å². The molecular weight excluding hydrogens is 341 g/mol. The van der Waals surface area contributed by atoms with E-state index < -0.39 is 0 Å². The number of fused-ring (bicyclic) bond motifs is 5. The van der Waals surface area contributed by atoms with Crippen LogP contribution in [0.5, 0.6) is 0 Å². The van der Waals surface area contributed by atoms with Crippen LogP contribution >= 0.6 is 24.0 Å². The summed E-state index contributed by atoms with van der Waals surface area (Å²) >= 11 is 0. The van der Waals surface area contributed by atoms with Crippen molar-refractivity contribution in [3.8, 4) is 0 Å². The Morgan fingerprint density at radius 3 is 2.50 bits per heavy atom. The molecule has 0 amide bonds. The molecule has 3 heterocycles. The summed E-state index contributed by atoms with van der Waals surface area (Å²) < 4.78 is 5.98. The Morgan fingerprint density at radius 1 is 1.39 bits per heavy atom. The van der Waals surface area contributed by atoms with Gasteiger partial charge in [-0.1, -0.05) is 6.08 Å². The Balaban J connectivity index is 0.00000120. The van der Waals surface area contributed by atoms with E-state index >= 15 is 0 Å². The first-order chi connectivity index (χ1) is 8.33. The maximum absolute atomic E-state index is 5.98. The van der Waals surface area contributed by atoms with Crippen LogP contribution in [0.3, 0.4) is 0 Å². The Bertz CT molecular complexity index is 329. The van der Waals surface area contributed by atoms with Gasteiger partial charge in [-0.3, -0.25) is 4.99 Å². The summed E-state index contributed by atoms with van der Waals surface area (Å²) in [6, 6.07) is 0. The maximum Gasteiger partial charge on any atom is 0.193 e. The first-order valence-corrected chi connectivity index (χ1v) is 6.55. The number of guanidine groups is 1. The normalized spacial score (nSPS) is 37.4. The smallest absolute Gasteiger partial charge is 0.193 e. The number of halogens is 1. The molecule has 102 valence electrons. The van der Waals surface area contributed by atoms with E-state index in [1.807, 2.05) is 13.1 Å². The fourth-order valence-electron chi connectivity index (χ4n) is 3.63. The standard InChI is InChI=1S/C13H21N3O.HI/c1-3-6-15-13(14-2)16-7-9-10(8-16)12-5-4-11(9)17-12;/h3,9-12H,1,4-8H2,2H3,(H,14,15);1H. The predicted octanol–water partition coefficient (Wildman–Crippen LogP) is 1.47. The summed E-state index contributed by atoms with van der Waals surface area (Å²) in [7, 11) is 1.85. The molecule has 3 aliphatic rings. The van der Waals surface area contributed by atoms with E-state index in [0.717, 1.165) is 37.4 Å². The zero-order valence-electron chi connectivity index (χ0n) is 10.8. The Labute approximate surface area is 126 Å². The number of likely N-dealkylation sites (tertiary alicyclic amines) is 1. The molecule has 5 heteroatoms. The van der Waals surface area contributed by atoms with Gasteiger partial charge in [0.2, 0.25) is 0 Å². The van der Waals surface area contributed by atoms with E-state index in [0.29, 0.717) is 12.2 Å². The lowest BCUT2D eigenvalue weighted by molar-refractivity contribution is 0.0767. The zero-order valence-corrected chi connectivity index (χ0v) is 13.2. The molecule has 1 N–H and O–H groups in total. The van der Waals surface area contributed by atoms with Crippen LogP contribution in [0.2, 0.25) is 0 Å². The number of nitrogens with zero attached hydrogens (tertiary/aromatic N) is 2. The minimum Gasteiger partial charge on any atom is -0.374 e. The van der Waals surface area contributed by atoms with E-state index in [1.54, 1.807) is 0 Å². The average molecular weight is 363 g/mol. The van der Waals surface area contributed by atoms with Crippen LogP contribution in [-0.2, 0) is 4.74 Å². The average Bonchev–Trinajstić information content (AvgIpc) is 3.01. The summed E-state index contributed by atoms with van der Waals surface area (Å²) in [4.78, 5) is 6.73. The molecule has 3 saturated heterocycles. The van der Waals surface area contributed by atoms with Crippen LogP contribution in [0, 0.1) is 11.8 Å². The van der Waals surface area contributed by atoms with Crippen molar-refractivity contribution in [1.29, 1.82) is 0 Å². The van der Waals surface area contributed by atoms with Gasteiger partial charge in [-0.05, 0) is 12.8 Å². The molecule has 0 aromatic carbocycles. The van der Waals surface area contributed by atoms with Crippen LogP contribution in [0.1, 0.15) is 12.8 Å². The summed E-state index contributed by atoms with van der Waals surface area (Å²) in [6.45, 7) is 6.71. The van der Waals surface area contributed by atoms with Gasteiger partial charge in [-0.25, -0.2) is 0 Å². The van der Waals surface area contributed by atoms with E-state index in [-0.39, 0.29) is 24.0 Å². The van der Waals surface area contributed by atoms with Crippen molar-refractivity contribution in [3.05, 3.63) is 12.7 Å². The summed E-state index contributed by atoms with van der Waals surface area (Å²) in [6.07, 6.45) is 5.44. The molecule has 3 rings (SSSR count). The van der Waals surface area contributed by atoms with Gasteiger partial charge in [0.05, 0.1) is 12.2 Å². The van der Waals surface area contributed by atoms with Gasteiger partial charge in [-0.2, -0.15) is 0 Å². The van der Waals surface area contributed by atoms with Crippen LogP contribution < -0.4 is 5.32 Å². The van der Waals surface area contributed by atoms with Crippen molar-refractivity contribution < 1.29 is 4.74 Å². The van der Waals surface area contributed by atoms with Gasteiger partial charge in [0.15, 0.2) is 5.96 Å². The molecule has 4 unspecified atom stereocenters. The van der Waals surface area contributed by atoms with Crippen molar-refractivity contribution in [2.24, 2.45) is 16.8 Å². The lowest BCUT2D eigenvalue weighted by Crippen LogP contribution is -2.41. The first kappa shape index (κ1) is 14.1. The molecule has 0 aromatic heterocycles. The zero-order chi connectivity index (χ0) is 11.8. The molecule has 0 saturated carbocycles. The van der Waals surface area contributed by atoms with E-state index in [4.69, 9.17) is 4.74 Å². The van der Waals surface area contributed by atoms with Crippen molar-refractivity contribution >= 4 is 29.9 Å². The molecule has 18 heavy (non-hydrogen) atoms.